The summed E-state index contributed by atoms with van der Waals surface area (Å²) in [7, 11) is 1.31. The Balaban J connectivity index is 1.86. The van der Waals surface area contributed by atoms with E-state index in [2.05, 4.69) is 0 Å². The Kier molecular flexibility index (Phi) is 4.29. The van der Waals surface area contributed by atoms with Crippen LogP contribution in [-0.4, -0.2) is 11.3 Å². The van der Waals surface area contributed by atoms with Crippen molar-refractivity contribution in [2.45, 2.75) is 75.8 Å². The molecule has 1 spiro atoms. The maximum atomic E-state index is 1.57. The van der Waals surface area contributed by atoms with Gasteiger partial charge in [-0.15, -0.1) is 8.58 Å². The van der Waals surface area contributed by atoms with Gasteiger partial charge in [0.2, 0.25) is 0 Å². The molecule has 1 heteroatoms. The molecule has 2 fully saturated rings. The molecule has 0 bridgehead atoms. The number of hydrogen-bond donors (Lipinski definition) is 0. The first kappa shape index (κ1) is 10.9. The fraction of sp³-hybridized carbons (Fsp3) is 1.00. The van der Waals surface area contributed by atoms with Crippen LogP contribution in [0.3, 0.4) is 0 Å². The molecule has 1 atom stereocenters. The quantitative estimate of drug-likeness (QED) is 0.509. The number of hydrogen-bond acceptors (Lipinski definition) is 0. The molecule has 2 aliphatic rings. The maximum absolute atomic E-state index is 1.57. The minimum atomic E-state index is 0.858. The third kappa shape index (κ3) is 2.96. The third-order valence-corrected chi connectivity index (χ3v) is 6.25. The maximum Gasteiger partial charge on any atom is -0.0122 e. The van der Waals surface area contributed by atoms with Crippen LogP contribution in [0.15, 0.2) is 0 Å². The van der Waals surface area contributed by atoms with E-state index in [4.69, 9.17) is 0 Å². The molecule has 0 aromatic heterocycles. The smallest absolute Gasteiger partial charge is 0.0122 e. The van der Waals surface area contributed by atoms with Gasteiger partial charge in [0.25, 0.3) is 0 Å². The summed E-state index contributed by atoms with van der Waals surface area (Å²) < 4.78 is 0. The fourth-order valence-corrected chi connectivity index (χ4v) is 5.23. The average molecular weight is 212 g/mol. The summed E-state index contributed by atoms with van der Waals surface area (Å²) in [6.07, 6.45) is 18.5. The zero-order chi connectivity index (χ0) is 9.69. The van der Waals surface area contributed by atoms with Crippen molar-refractivity contribution in [3.8, 4) is 0 Å². The zero-order valence-corrected chi connectivity index (χ0v) is 10.5. The minimum absolute atomic E-state index is 0.858. The first-order valence-corrected chi connectivity index (χ1v) is 7.87. The second-order valence-electron chi connectivity index (χ2n) is 5.29. The van der Waals surface area contributed by atoms with E-state index in [1.807, 2.05) is 0 Å². The van der Waals surface area contributed by atoms with Crippen LogP contribution in [0, 0.1) is 0 Å². The first-order valence-electron chi connectivity index (χ1n) is 6.66. The Morgan fingerprint density at radius 2 is 1.07 bits per heavy atom. The molecule has 82 valence electrons. The Morgan fingerprint density at radius 1 is 0.571 bits per heavy atom. The summed E-state index contributed by atoms with van der Waals surface area (Å²) in [6, 6.07) is 0. The van der Waals surface area contributed by atoms with Crippen LogP contribution in [0.4, 0.5) is 0 Å². The summed E-state index contributed by atoms with van der Waals surface area (Å²) in [6.45, 7) is 0. The van der Waals surface area contributed by atoms with E-state index in [9.17, 15) is 0 Å². The molecule has 0 nitrogen and oxygen atoms in total. The summed E-state index contributed by atoms with van der Waals surface area (Å²) in [4.78, 5) is 0. The van der Waals surface area contributed by atoms with Gasteiger partial charge in [-0.1, -0.05) is 44.9 Å². The molecule has 0 N–H and O–H groups in total. The molecule has 0 radical (unpaired) electrons. The average Bonchev–Trinajstić information content (AvgIpc) is 2.66. The summed E-state index contributed by atoms with van der Waals surface area (Å²) in [5, 5.41) is 0.858. The van der Waals surface area contributed by atoms with Crippen LogP contribution in [0.2, 0.25) is 0 Å². The van der Waals surface area contributed by atoms with Gasteiger partial charge >= 0.3 is 0 Å². The van der Waals surface area contributed by atoms with Crippen LogP contribution in [0.1, 0.15) is 70.6 Å². The monoisotopic (exact) mass is 212 g/mol. The van der Waals surface area contributed by atoms with Crippen molar-refractivity contribution >= 4 is 8.58 Å². The summed E-state index contributed by atoms with van der Waals surface area (Å²) in [5.41, 5.74) is 0. The highest BCUT2D eigenvalue weighted by Crippen LogP contribution is 2.49. The lowest BCUT2D eigenvalue weighted by Gasteiger charge is -2.30. The SMILES string of the molecule is C1CCCCC2(CCCC2)PCCC1. The van der Waals surface area contributed by atoms with E-state index < -0.39 is 0 Å². The molecule has 0 aromatic carbocycles. The van der Waals surface area contributed by atoms with Gasteiger partial charge in [-0.05, 0) is 37.0 Å². The van der Waals surface area contributed by atoms with Crippen LogP contribution in [-0.2, 0) is 0 Å². The highest BCUT2D eigenvalue weighted by atomic mass is 31.1. The predicted molar refractivity (Wildman–Crippen MR) is 66.7 cm³/mol. The van der Waals surface area contributed by atoms with Crippen molar-refractivity contribution in [2.75, 3.05) is 6.16 Å². The van der Waals surface area contributed by atoms with Crippen LogP contribution in [0.5, 0.6) is 0 Å². The van der Waals surface area contributed by atoms with Crippen molar-refractivity contribution in [1.29, 1.82) is 0 Å². The van der Waals surface area contributed by atoms with E-state index >= 15 is 0 Å². The highest BCUT2D eigenvalue weighted by Gasteiger charge is 2.32. The molecule has 14 heavy (non-hydrogen) atoms. The van der Waals surface area contributed by atoms with Crippen molar-refractivity contribution in [2.24, 2.45) is 0 Å². The predicted octanol–water partition coefficient (Wildman–Crippen LogP) is 4.72. The minimum Gasteiger partial charge on any atom is -0.116 e. The van der Waals surface area contributed by atoms with E-state index in [0.29, 0.717) is 0 Å². The molecule has 1 heterocycles. The third-order valence-electron chi connectivity index (χ3n) is 4.14. The lowest BCUT2D eigenvalue weighted by atomic mass is 9.97. The standard InChI is InChI=1S/C13H25P/c1-2-4-8-12-14-13(9-5-3-1)10-6-7-11-13/h14H,1-12H2. The van der Waals surface area contributed by atoms with Crippen LogP contribution in [0.25, 0.3) is 0 Å². The zero-order valence-electron chi connectivity index (χ0n) is 9.49. The number of rotatable bonds is 0. The molecule has 1 aliphatic heterocycles. The van der Waals surface area contributed by atoms with Gasteiger partial charge in [-0.3, -0.25) is 0 Å². The van der Waals surface area contributed by atoms with Gasteiger partial charge in [-0.25, -0.2) is 0 Å². The van der Waals surface area contributed by atoms with E-state index in [1.54, 1.807) is 25.4 Å². The highest BCUT2D eigenvalue weighted by molar-refractivity contribution is 7.40. The van der Waals surface area contributed by atoms with Crippen molar-refractivity contribution in [3.63, 3.8) is 0 Å². The Hall–Kier alpha value is 0.430. The van der Waals surface area contributed by atoms with E-state index in [-0.39, 0.29) is 0 Å². The molecular weight excluding hydrogens is 187 g/mol. The van der Waals surface area contributed by atoms with Gasteiger partial charge in [0.15, 0.2) is 0 Å². The molecule has 0 amide bonds. The summed E-state index contributed by atoms with van der Waals surface area (Å²) >= 11 is 0. The normalized spacial score (nSPS) is 30.9. The topological polar surface area (TPSA) is 0 Å². The Morgan fingerprint density at radius 3 is 1.79 bits per heavy atom. The van der Waals surface area contributed by atoms with Gasteiger partial charge in [-0.2, -0.15) is 0 Å². The van der Waals surface area contributed by atoms with Gasteiger partial charge in [0.1, 0.15) is 0 Å². The van der Waals surface area contributed by atoms with Crippen LogP contribution < -0.4 is 0 Å². The molecular formula is C13H25P. The lowest BCUT2D eigenvalue weighted by molar-refractivity contribution is 0.489. The first-order chi connectivity index (χ1) is 6.91. The largest absolute Gasteiger partial charge is 0.116 e. The molecule has 0 aromatic rings. The fourth-order valence-electron chi connectivity index (χ4n) is 3.22. The van der Waals surface area contributed by atoms with Crippen molar-refractivity contribution < 1.29 is 0 Å². The van der Waals surface area contributed by atoms with E-state index in [0.717, 1.165) is 5.16 Å². The van der Waals surface area contributed by atoms with Crippen LogP contribution >= 0.6 is 8.58 Å². The van der Waals surface area contributed by atoms with Gasteiger partial charge < -0.3 is 0 Å². The second-order valence-corrected chi connectivity index (χ2v) is 7.20. The van der Waals surface area contributed by atoms with Crippen molar-refractivity contribution in [1.82, 2.24) is 0 Å². The molecule has 1 saturated carbocycles. The Labute approximate surface area is 91.0 Å². The molecule has 1 unspecified atom stereocenters. The van der Waals surface area contributed by atoms with Gasteiger partial charge in [0, 0.05) is 0 Å². The van der Waals surface area contributed by atoms with Gasteiger partial charge in [0.05, 0.1) is 0 Å². The Bertz CT molecular complexity index is 147. The van der Waals surface area contributed by atoms with Crippen molar-refractivity contribution in [3.05, 3.63) is 0 Å². The lowest BCUT2D eigenvalue weighted by Crippen LogP contribution is -2.19. The second kappa shape index (κ2) is 5.50. The molecule has 1 saturated heterocycles. The van der Waals surface area contributed by atoms with E-state index in [1.165, 1.54) is 59.9 Å². The molecule has 1 aliphatic carbocycles. The molecule has 2 rings (SSSR count). The summed E-state index contributed by atoms with van der Waals surface area (Å²) in [5.74, 6) is 0.